The Morgan fingerprint density at radius 2 is 1.90 bits per heavy atom. The zero-order valence-corrected chi connectivity index (χ0v) is 12.7. The van der Waals surface area contributed by atoms with Crippen molar-refractivity contribution in [1.82, 2.24) is 5.32 Å². The first kappa shape index (κ1) is 15.6. The third-order valence-electron chi connectivity index (χ3n) is 3.12. The molecule has 1 heterocycles. The topological polar surface area (TPSA) is 94.6 Å². The minimum absolute atomic E-state index is 0.0824. The molecular formula is C14H18N2O4S. The molecule has 1 aromatic heterocycles. The SMILES string of the molecule is COc1ccc(C(C)NCc2ccc(S(N)(=O)=O)o2)cc1. The summed E-state index contributed by atoms with van der Waals surface area (Å²) in [7, 11) is -2.17. The summed E-state index contributed by atoms with van der Waals surface area (Å²) in [5, 5.41) is 8.01. The van der Waals surface area contributed by atoms with Gasteiger partial charge in [0.1, 0.15) is 11.5 Å². The van der Waals surface area contributed by atoms with Gasteiger partial charge < -0.3 is 14.5 Å². The first-order valence-corrected chi connectivity index (χ1v) is 7.93. The van der Waals surface area contributed by atoms with Gasteiger partial charge in [0.05, 0.1) is 13.7 Å². The van der Waals surface area contributed by atoms with E-state index in [-0.39, 0.29) is 11.1 Å². The lowest BCUT2D eigenvalue weighted by molar-refractivity contribution is 0.393. The molecule has 1 unspecified atom stereocenters. The lowest BCUT2D eigenvalue weighted by atomic mass is 10.1. The van der Waals surface area contributed by atoms with Crippen molar-refractivity contribution in [3.05, 3.63) is 47.7 Å². The van der Waals surface area contributed by atoms with Crippen molar-refractivity contribution in [3.8, 4) is 5.75 Å². The first-order valence-electron chi connectivity index (χ1n) is 6.39. The van der Waals surface area contributed by atoms with Gasteiger partial charge >= 0.3 is 0 Å². The zero-order valence-electron chi connectivity index (χ0n) is 11.9. The Balaban J connectivity index is 1.97. The molecule has 0 aliphatic carbocycles. The van der Waals surface area contributed by atoms with E-state index in [1.165, 1.54) is 6.07 Å². The summed E-state index contributed by atoms with van der Waals surface area (Å²) in [6, 6.07) is 10.7. The quantitative estimate of drug-likeness (QED) is 0.848. The Labute approximate surface area is 124 Å². The van der Waals surface area contributed by atoms with E-state index in [9.17, 15) is 8.42 Å². The number of primary sulfonamides is 1. The van der Waals surface area contributed by atoms with Crippen LogP contribution < -0.4 is 15.2 Å². The fourth-order valence-electron chi connectivity index (χ4n) is 1.87. The number of sulfonamides is 1. The normalized spacial score (nSPS) is 13.1. The van der Waals surface area contributed by atoms with Crippen LogP contribution in [0.15, 0.2) is 45.9 Å². The van der Waals surface area contributed by atoms with Crippen molar-refractivity contribution in [2.45, 2.75) is 24.6 Å². The molecule has 2 rings (SSSR count). The van der Waals surface area contributed by atoms with Gasteiger partial charge in [0, 0.05) is 6.04 Å². The molecule has 3 N–H and O–H groups in total. The molecular weight excluding hydrogens is 292 g/mol. The average Bonchev–Trinajstić information content (AvgIpc) is 2.94. The Hall–Kier alpha value is -1.83. The van der Waals surface area contributed by atoms with Crippen molar-refractivity contribution in [1.29, 1.82) is 0 Å². The molecule has 6 nitrogen and oxygen atoms in total. The largest absolute Gasteiger partial charge is 0.497 e. The summed E-state index contributed by atoms with van der Waals surface area (Å²) in [5.74, 6) is 1.31. The van der Waals surface area contributed by atoms with E-state index in [1.807, 2.05) is 31.2 Å². The van der Waals surface area contributed by atoms with Gasteiger partial charge in [-0.05, 0) is 36.8 Å². The van der Waals surface area contributed by atoms with E-state index in [0.717, 1.165) is 11.3 Å². The second kappa shape index (κ2) is 6.30. The molecule has 0 spiro atoms. The molecule has 21 heavy (non-hydrogen) atoms. The molecule has 2 aromatic rings. The second-order valence-electron chi connectivity index (χ2n) is 4.64. The third-order valence-corrected chi connectivity index (χ3v) is 3.90. The van der Waals surface area contributed by atoms with Crippen LogP contribution >= 0.6 is 0 Å². The maximum atomic E-state index is 11.1. The Bertz CT molecular complexity index is 692. The highest BCUT2D eigenvalue weighted by molar-refractivity contribution is 7.89. The Morgan fingerprint density at radius 3 is 2.43 bits per heavy atom. The van der Waals surface area contributed by atoms with Crippen LogP contribution in [0.5, 0.6) is 5.75 Å². The van der Waals surface area contributed by atoms with Gasteiger partial charge in [-0.3, -0.25) is 0 Å². The summed E-state index contributed by atoms with van der Waals surface area (Å²) < 4.78 is 32.5. The molecule has 0 amide bonds. The third kappa shape index (κ3) is 4.07. The molecule has 0 saturated carbocycles. The van der Waals surface area contributed by atoms with Gasteiger partial charge in [-0.1, -0.05) is 12.1 Å². The highest BCUT2D eigenvalue weighted by atomic mass is 32.2. The summed E-state index contributed by atoms with van der Waals surface area (Å²) in [5.41, 5.74) is 1.09. The molecule has 0 fully saturated rings. The molecule has 0 saturated heterocycles. The fourth-order valence-corrected chi connectivity index (χ4v) is 2.35. The predicted molar refractivity (Wildman–Crippen MR) is 78.3 cm³/mol. The van der Waals surface area contributed by atoms with Crippen molar-refractivity contribution in [2.24, 2.45) is 5.14 Å². The predicted octanol–water partition coefficient (Wildman–Crippen LogP) is 1.79. The van der Waals surface area contributed by atoms with Gasteiger partial charge in [0.15, 0.2) is 0 Å². The monoisotopic (exact) mass is 310 g/mol. The number of hydrogen-bond acceptors (Lipinski definition) is 5. The van der Waals surface area contributed by atoms with Crippen molar-refractivity contribution in [2.75, 3.05) is 7.11 Å². The fraction of sp³-hybridized carbons (Fsp3) is 0.286. The minimum Gasteiger partial charge on any atom is -0.497 e. The molecule has 7 heteroatoms. The van der Waals surface area contributed by atoms with Crippen LogP contribution in [0.3, 0.4) is 0 Å². The van der Waals surface area contributed by atoms with E-state index in [0.29, 0.717) is 12.3 Å². The lowest BCUT2D eigenvalue weighted by Gasteiger charge is -2.13. The number of hydrogen-bond donors (Lipinski definition) is 2. The maximum absolute atomic E-state index is 11.1. The lowest BCUT2D eigenvalue weighted by Crippen LogP contribution is -2.17. The first-order chi connectivity index (χ1) is 9.90. The molecule has 1 atom stereocenters. The highest BCUT2D eigenvalue weighted by Gasteiger charge is 2.13. The van der Waals surface area contributed by atoms with E-state index in [4.69, 9.17) is 14.3 Å². The van der Waals surface area contributed by atoms with E-state index < -0.39 is 10.0 Å². The van der Waals surface area contributed by atoms with Crippen molar-refractivity contribution in [3.63, 3.8) is 0 Å². The Morgan fingerprint density at radius 1 is 1.24 bits per heavy atom. The van der Waals surface area contributed by atoms with Gasteiger partial charge in [0.2, 0.25) is 5.09 Å². The molecule has 0 bridgehead atoms. The molecule has 1 aromatic carbocycles. The van der Waals surface area contributed by atoms with Crippen LogP contribution in [0.25, 0.3) is 0 Å². The van der Waals surface area contributed by atoms with Crippen LogP contribution in [0.2, 0.25) is 0 Å². The minimum atomic E-state index is -3.79. The van der Waals surface area contributed by atoms with Crippen LogP contribution in [0.4, 0.5) is 0 Å². The number of ether oxygens (including phenoxy) is 1. The highest BCUT2D eigenvalue weighted by Crippen LogP contribution is 2.18. The number of nitrogens with one attached hydrogen (secondary N) is 1. The summed E-state index contributed by atoms with van der Waals surface area (Å²) in [4.78, 5) is 0. The number of benzene rings is 1. The summed E-state index contributed by atoms with van der Waals surface area (Å²) >= 11 is 0. The second-order valence-corrected chi connectivity index (χ2v) is 6.13. The van der Waals surface area contributed by atoms with Crippen molar-refractivity contribution >= 4 is 10.0 Å². The van der Waals surface area contributed by atoms with Gasteiger partial charge in [0.25, 0.3) is 10.0 Å². The molecule has 0 radical (unpaired) electrons. The smallest absolute Gasteiger partial charge is 0.271 e. The van der Waals surface area contributed by atoms with Crippen LogP contribution in [0, 0.1) is 0 Å². The number of furan rings is 1. The summed E-state index contributed by atoms with van der Waals surface area (Å²) in [6.07, 6.45) is 0. The number of rotatable bonds is 6. The van der Waals surface area contributed by atoms with Crippen LogP contribution in [-0.4, -0.2) is 15.5 Å². The van der Waals surface area contributed by atoms with E-state index in [1.54, 1.807) is 13.2 Å². The molecule has 0 aliphatic heterocycles. The van der Waals surface area contributed by atoms with Gasteiger partial charge in [-0.2, -0.15) is 0 Å². The molecule has 114 valence electrons. The van der Waals surface area contributed by atoms with Gasteiger partial charge in [-0.15, -0.1) is 0 Å². The standard InChI is InChI=1S/C14H18N2O4S/c1-10(11-3-5-12(19-2)6-4-11)16-9-13-7-8-14(20-13)21(15,17)18/h3-8,10,16H,9H2,1-2H3,(H2,15,17,18). The molecule has 0 aliphatic rings. The van der Waals surface area contributed by atoms with Crippen molar-refractivity contribution < 1.29 is 17.6 Å². The zero-order chi connectivity index (χ0) is 15.5. The number of methoxy groups -OCH3 is 1. The van der Waals surface area contributed by atoms with Crippen LogP contribution in [-0.2, 0) is 16.6 Å². The number of nitrogens with two attached hydrogens (primary N) is 1. The van der Waals surface area contributed by atoms with E-state index in [2.05, 4.69) is 5.32 Å². The average molecular weight is 310 g/mol. The van der Waals surface area contributed by atoms with Crippen LogP contribution in [0.1, 0.15) is 24.3 Å². The maximum Gasteiger partial charge on any atom is 0.271 e. The van der Waals surface area contributed by atoms with E-state index >= 15 is 0 Å². The van der Waals surface area contributed by atoms with Gasteiger partial charge in [-0.25, -0.2) is 13.6 Å². The Kier molecular flexibility index (Phi) is 4.66. The summed E-state index contributed by atoms with van der Waals surface area (Å²) in [6.45, 7) is 2.41.